The third-order valence-electron chi connectivity index (χ3n) is 5.18. The molecule has 1 aromatic carbocycles. The summed E-state index contributed by atoms with van der Waals surface area (Å²) in [5, 5.41) is 3.38. The molecule has 22 heavy (non-hydrogen) atoms. The lowest BCUT2D eigenvalue weighted by molar-refractivity contribution is -0.132. The second kappa shape index (κ2) is 6.29. The monoisotopic (exact) mass is 302 g/mol. The number of aryl methyl sites for hydroxylation is 1. The van der Waals surface area contributed by atoms with Gasteiger partial charge in [-0.05, 0) is 56.8 Å². The fraction of sp³-hybridized carbons (Fsp3) is 0.611. The summed E-state index contributed by atoms with van der Waals surface area (Å²) in [7, 11) is 1.90. The highest BCUT2D eigenvalue weighted by Crippen LogP contribution is 2.59. The van der Waals surface area contributed by atoms with Crippen molar-refractivity contribution in [1.82, 2.24) is 10.2 Å². The molecule has 0 unspecified atom stereocenters. The second-order valence-corrected chi connectivity index (χ2v) is 6.79. The van der Waals surface area contributed by atoms with Crippen LogP contribution in [0.4, 0.5) is 0 Å². The van der Waals surface area contributed by atoms with Crippen LogP contribution in [-0.2, 0) is 4.79 Å². The molecule has 1 aliphatic heterocycles. The first-order valence-electron chi connectivity index (χ1n) is 8.26. The topological polar surface area (TPSA) is 41.6 Å². The lowest BCUT2D eigenvalue weighted by Crippen LogP contribution is -2.36. The molecule has 1 heterocycles. The van der Waals surface area contributed by atoms with E-state index in [1.807, 2.05) is 36.2 Å². The van der Waals surface area contributed by atoms with Crippen LogP contribution in [0.5, 0.6) is 5.75 Å². The molecule has 1 spiro atoms. The molecular formula is C18H26N2O2. The number of hydrogen-bond donors (Lipinski definition) is 1. The predicted molar refractivity (Wildman–Crippen MR) is 87.0 cm³/mol. The molecule has 1 N–H and O–H groups in total. The van der Waals surface area contributed by atoms with E-state index >= 15 is 0 Å². The van der Waals surface area contributed by atoms with Crippen LogP contribution in [0.2, 0.25) is 0 Å². The second-order valence-electron chi connectivity index (χ2n) is 6.79. The van der Waals surface area contributed by atoms with Crippen LogP contribution >= 0.6 is 0 Å². The predicted octanol–water partition coefficient (Wildman–Crippen LogP) is 2.22. The molecule has 1 atom stereocenters. The van der Waals surface area contributed by atoms with E-state index in [0.29, 0.717) is 24.5 Å². The third-order valence-corrected chi connectivity index (χ3v) is 5.18. The number of likely N-dealkylation sites (N-methyl/N-ethyl adjacent to an activating group) is 1. The van der Waals surface area contributed by atoms with Crippen molar-refractivity contribution in [2.24, 2.45) is 11.3 Å². The molecule has 1 saturated heterocycles. The Labute approximate surface area is 132 Å². The number of hydrogen-bond acceptors (Lipinski definition) is 3. The molecule has 120 valence electrons. The van der Waals surface area contributed by atoms with Gasteiger partial charge in [0.05, 0.1) is 6.54 Å². The Morgan fingerprint density at radius 2 is 2.00 bits per heavy atom. The molecule has 0 radical (unpaired) electrons. The molecule has 1 aromatic rings. The maximum atomic E-state index is 12.5. The average molecular weight is 302 g/mol. The quantitative estimate of drug-likeness (QED) is 0.907. The van der Waals surface area contributed by atoms with Gasteiger partial charge in [-0.15, -0.1) is 0 Å². The normalized spacial score (nSPS) is 22.4. The molecular weight excluding hydrogens is 276 g/mol. The van der Waals surface area contributed by atoms with E-state index in [9.17, 15) is 4.79 Å². The zero-order chi connectivity index (χ0) is 15.6. The minimum atomic E-state index is 0.249. The van der Waals surface area contributed by atoms with E-state index in [1.54, 1.807) is 0 Å². The van der Waals surface area contributed by atoms with Gasteiger partial charge in [-0.1, -0.05) is 17.7 Å². The Bertz CT molecular complexity index is 520. The van der Waals surface area contributed by atoms with Crippen molar-refractivity contribution >= 4 is 5.91 Å². The first-order valence-corrected chi connectivity index (χ1v) is 8.26. The molecule has 4 nitrogen and oxygen atoms in total. The minimum Gasteiger partial charge on any atom is -0.492 e. The molecule has 2 fully saturated rings. The fourth-order valence-electron chi connectivity index (χ4n) is 3.49. The first kappa shape index (κ1) is 15.3. The molecule has 2 aliphatic rings. The van der Waals surface area contributed by atoms with E-state index < -0.39 is 0 Å². The van der Waals surface area contributed by atoms with Crippen molar-refractivity contribution < 1.29 is 9.53 Å². The molecule has 1 aliphatic carbocycles. The van der Waals surface area contributed by atoms with Crippen LogP contribution in [-0.4, -0.2) is 44.1 Å². The number of ether oxygens (including phenoxy) is 1. The number of rotatable bonds is 5. The molecule has 3 rings (SSSR count). The lowest BCUT2D eigenvalue weighted by atomic mass is 9.91. The van der Waals surface area contributed by atoms with E-state index in [1.165, 1.54) is 5.56 Å². The van der Waals surface area contributed by atoms with E-state index in [-0.39, 0.29) is 5.92 Å². The summed E-state index contributed by atoms with van der Waals surface area (Å²) in [5.41, 5.74) is 1.54. The molecule has 1 amide bonds. The molecule has 1 saturated carbocycles. The van der Waals surface area contributed by atoms with Crippen molar-refractivity contribution in [3.63, 3.8) is 0 Å². The van der Waals surface area contributed by atoms with Crippen LogP contribution in [0, 0.1) is 18.3 Å². The van der Waals surface area contributed by atoms with E-state index in [0.717, 1.165) is 38.1 Å². The van der Waals surface area contributed by atoms with Crippen molar-refractivity contribution in [1.29, 1.82) is 0 Å². The SMILES string of the molecule is Cc1ccc(OCCN(C)C(=O)[C@H]2CC23CCNCC3)cc1. The van der Waals surface area contributed by atoms with Crippen molar-refractivity contribution in [3.05, 3.63) is 29.8 Å². The fourth-order valence-corrected chi connectivity index (χ4v) is 3.49. The van der Waals surface area contributed by atoms with Crippen LogP contribution in [0.3, 0.4) is 0 Å². The van der Waals surface area contributed by atoms with Gasteiger partial charge in [0.2, 0.25) is 5.91 Å². The number of carbonyl (C=O) groups is 1. The summed E-state index contributed by atoms with van der Waals surface area (Å²) < 4.78 is 5.72. The lowest BCUT2D eigenvalue weighted by Gasteiger charge is -2.25. The summed E-state index contributed by atoms with van der Waals surface area (Å²) in [6, 6.07) is 8.02. The van der Waals surface area contributed by atoms with Gasteiger partial charge in [0.1, 0.15) is 12.4 Å². The van der Waals surface area contributed by atoms with E-state index in [2.05, 4.69) is 12.2 Å². The summed E-state index contributed by atoms with van der Waals surface area (Å²) >= 11 is 0. The Morgan fingerprint density at radius 3 is 2.68 bits per heavy atom. The summed E-state index contributed by atoms with van der Waals surface area (Å²) in [6.07, 6.45) is 3.38. The van der Waals surface area contributed by atoms with Gasteiger partial charge in [-0.2, -0.15) is 0 Å². The number of nitrogens with one attached hydrogen (secondary N) is 1. The average Bonchev–Trinajstić information content (AvgIpc) is 3.22. The van der Waals surface area contributed by atoms with Crippen LogP contribution in [0.25, 0.3) is 0 Å². The van der Waals surface area contributed by atoms with Crippen molar-refractivity contribution in [2.75, 3.05) is 33.3 Å². The first-order chi connectivity index (χ1) is 10.6. The number of piperidine rings is 1. The maximum absolute atomic E-state index is 12.5. The van der Waals surface area contributed by atoms with Gasteiger partial charge in [0.25, 0.3) is 0 Å². The largest absolute Gasteiger partial charge is 0.492 e. The van der Waals surface area contributed by atoms with Crippen LogP contribution in [0.1, 0.15) is 24.8 Å². The molecule has 0 bridgehead atoms. The summed E-state index contributed by atoms with van der Waals surface area (Å²) in [6.45, 7) is 5.38. The van der Waals surface area contributed by atoms with Crippen molar-refractivity contribution in [2.45, 2.75) is 26.2 Å². The Balaban J connectivity index is 1.43. The molecule has 4 heteroatoms. The van der Waals surface area contributed by atoms with Gasteiger partial charge < -0.3 is 15.0 Å². The van der Waals surface area contributed by atoms with Gasteiger partial charge in [0, 0.05) is 13.0 Å². The maximum Gasteiger partial charge on any atom is 0.226 e. The Kier molecular flexibility index (Phi) is 4.39. The highest BCUT2D eigenvalue weighted by molar-refractivity contribution is 5.82. The van der Waals surface area contributed by atoms with Gasteiger partial charge in [-0.3, -0.25) is 4.79 Å². The highest BCUT2D eigenvalue weighted by Gasteiger charge is 2.58. The summed E-state index contributed by atoms with van der Waals surface area (Å²) in [5.74, 6) is 1.42. The number of nitrogens with zero attached hydrogens (tertiary/aromatic N) is 1. The van der Waals surface area contributed by atoms with Crippen molar-refractivity contribution in [3.8, 4) is 5.75 Å². The van der Waals surface area contributed by atoms with Gasteiger partial charge >= 0.3 is 0 Å². The van der Waals surface area contributed by atoms with Crippen LogP contribution < -0.4 is 10.1 Å². The number of benzene rings is 1. The third kappa shape index (κ3) is 3.27. The summed E-state index contributed by atoms with van der Waals surface area (Å²) in [4.78, 5) is 14.4. The zero-order valence-corrected chi connectivity index (χ0v) is 13.6. The zero-order valence-electron chi connectivity index (χ0n) is 13.6. The van der Waals surface area contributed by atoms with Crippen LogP contribution in [0.15, 0.2) is 24.3 Å². The van der Waals surface area contributed by atoms with Gasteiger partial charge in [0.15, 0.2) is 0 Å². The Hall–Kier alpha value is -1.55. The number of amides is 1. The highest BCUT2D eigenvalue weighted by atomic mass is 16.5. The van der Waals surface area contributed by atoms with Gasteiger partial charge in [-0.25, -0.2) is 0 Å². The van der Waals surface area contributed by atoms with E-state index in [4.69, 9.17) is 4.74 Å². The molecule has 0 aromatic heterocycles. The minimum absolute atomic E-state index is 0.249. The standard InChI is InChI=1S/C18H26N2O2/c1-14-3-5-15(6-4-14)22-12-11-20(2)17(21)16-13-18(16)7-9-19-10-8-18/h3-6,16,19H,7-13H2,1-2H3/t16-/m1/s1. The smallest absolute Gasteiger partial charge is 0.226 e. The Morgan fingerprint density at radius 1 is 1.32 bits per heavy atom. The number of carbonyl (C=O) groups excluding carboxylic acids is 1.